The second kappa shape index (κ2) is 8.31. The molecule has 0 aromatic carbocycles. The summed E-state index contributed by atoms with van der Waals surface area (Å²) in [5, 5.41) is 3.50. The van der Waals surface area contributed by atoms with Crippen LogP contribution in [0.3, 0.4) is 0 Å². The van der Waals surface area contributed by atoms with E-state index in [1.54, 1.807) is 0 Å². The molecule has 0 aromatic heterocycles. The van der Waals surface area contributed by atoms with Gasteiger partial charge in [0.05, 0.1) is 25.9 Å². The van der Waals surface area contributed by atoms with Crippen LogP contribution in [-0.4, -0.2) is 67.7 Å². The van der Waals surface area contributed by atoms with Crippen LogP contribution < -0.4 is 5.32 Å². The normalized spacial score (nSPS) is 27.0. The zero-order chi connectivity index (χ0) is 16.9. The number of ether oxygens (including phenoxy) is 3. The van der Waals surface area contributed by atoms with E-state index >= 15 is 0 Å². The summed E-state index contributed by atoms with van der Waals surface area (Å²) in [7, 11) is 0. The monoisotopic (exact) mass is 328 g/mol. The van der Waals surface area contributed by atoms with E-state index in [9.17, 15) is 4.79 Å². The highest BCUT2D eigenvalue weighted by molar-refractivity contribution is 5.68. The molecule has 0 spiro atoms. The molecule has 2 aliphatic heterocycles. The van der Waals surface area contributed by atoms with Gasteiger partial charge in [-0.25, -0.2) is 4.79 Å². The maximum absolute atomic E-state index is 12.3. The Balaban J connectivity index is 1.75. The molecule has 3 unspecified atom stereocenters. The van der Waals surface area contributed by atoms with Crippen molar-refractivity contribution in [2.45, 2.75) is 70.7 Å². The minimum Gasteiger partial charge on any atom is -0.444 e. The lowest BCUT2D eigenvalue weighted by Crippen LogP contribution is -2.45. The molecular formula is C17H32N2O4. The number of nitrogens with one attached hydrogen (secondary N) is 1. The fourth-order valence-electron chi connectivity index (χ4n) is 3.12. The Labute approximate surface area is 139 Å². The summed E-state index contributed by atoms with van der Waals surface area (Å²) in [6.07, 6.45) is 2.99. The quantitative estimate of drug-likeness (QED) is 0.838. The van der Waals surface area contributed by atoms with E-state index in [-0.39, 0.29) is 18.2 Å². The van der Waals surface area contributed by atoms with Crippen LogP contribution in [0, 0.1) is 0 Å². The third-order valence-corrected chi connectivity index (χ3v) is 4.21. The highest BCUT2D eigenvalue weighted by Gasteiger charge is 2.32. The Morgan fingerprint density at radius 1 is 1.39 bits per heavy atom. The van der Waals surface area contributed by atoms with Gasteiger partial charge >= 0.3 is 6.09 Å². The van der Waals surface area contributed by atoms with Crippen LogP contribution in [0.5, 0.6) is 0 Å². The van der Waals surface area contributed by atoms with Gasteiger partial charge < -0.3 is 24.4 Å². The van der Waals surface area contributed by atoms with E-state index in [4.69, 9.17) is 14.2 Å². The molecule has 2 saturated heterocycles. The molecule has 0 aliphatic carbocycles. The number of rotatable bonds is 5. The first-order chi connectivity index (χ1) is 10.8. The number of hydrogen-bond acceptors (Lipinski definition) is 5. The number of amides is 1. The molecule has 0 bridgehead atoms. The minimum atomic E-state index is -0.438. The smallest absolute Gasteiger partial charge is 0.410 e. The first kappa shape index (κ1) is 18.5. The number of carbonyl (C=O) groups excluding carboxylic acids is 1. The predicted octanol–water partition coefficient (Wildman–Crippen LogP) is 2.17. The molecule has 1 amide bonds. The van der Waals surface area contributed by atoms with Gasteiger partial charge in [-0.15, -0.1) is 0 Å². The SMILES string of the molecule is CC(CC1CCCN1C(=O)OC(C)(C)C)NCC1COCCO1. The van der Waals surface area contributed by atoms with E-state index in [0.717, 1.165) is 32.4 Å². The highest BCUT2D eigenvalue weighted by atomic mass is 16.6. The van der Waals surface area contributed by atoms with Crippen LogP contribution in [0.15, 0.2) is 0 Å². The first-order valence-electron chi connectivity index (χ1n) is 8.77. The van der Waals surface area contributed by atoms with E-state index < -0.39 is 5.60 Å². The van der Waals surface area contributed by atoms with Crippen molar-refractivity contribution in [2.75, 3.05) is 32.9 Å². The highest BCUT2D eigenvalue weighted by Crippen LogP contribution is 2.24. The van der Waals surface area contributed by atoms with Crippen LogP contribution >= 0.6 is 0 Å². The van der Waals surface area contributed by atoms with Gasteiger partial charge in [0.2, 0.25) is 0 Å². The molecule has 0 saturated carbocycles. The summed E-state index contributed by atoms with van der Waals surface area (Å²) < 4.78 is 16.6. The molecule has 1 N–H and O–H groups in total. The lowest BCUT2D eigenvalue weighted by molar-refractivity contribution is -0.0871. The van der Waals surface area contributed by atoms with Gasteiger partial charge in [0.1, 0.15) is 5.60 Å². The molecule has 2 rings (SSSR count). The average Bonchev–Trinajstić information content (AvgIpc) is 2.93. The fraction of sp³-hybridized carbons (Fsp3) is 0.941. The lowest BCUT2D eigenvalue weighted by Gasteiger charge is -2.31. The summed E-state index contributed by atoms with van der Waals surface area (Å²) in [5.41, 5.74) is -0.438. The zero-order valence-electron chi connectivity index (χ0n) is 15.0. The van der Waals surface area contributed by atoms with Crippen LogP contribution in [0.2, 0.25) is 0 Å². The second-order valence-electron chi connectivity index (χ2n) is 7.58. The molecule has 134 valence electrons. The van der Waals surface area contributed by atoms with Crippen LogP contribution in [-0.2, 0) is 14.2 Å². The van der Waals surface area contributed by atoms with Crippen LogP contribution in [0.1, 0.15) is 47.0 Å². The Morgan fingerprint density at radius 2 is 2.17 bits per heavy atom. The van der Waals surface area contributed by atoms with Crippen molar-refractivity contribution in [3.63, 3.8) is 0 Å². The maximum atomic E-state index is 12.3. The summed E-state index contributed by atoms with van der Waals surface area (Å²) >= 11 is 0. The topological polar surface area (TPSA) is 60.0 Å². The second-order valence-corrected chi connectivity index (χ2v) is 7.58. The predicted molar refractivity (Wildman–Crippen MR) is 88.6 cm³/mol. The number of hydrogen-bond donors (Lipinski definition) is 1. The average molecular weight is 328 g/mol. The van der Waals surface area contributed by atoms with Crippen LogP contribution in [0.25, 0.3) is 0 Å². The fourth-order valence-corrected chi connectivity index (χ4v) is 3.12. The van der Waals surface area contributed by atoms with Gasteiger partial charge in [-0.2, -0.15) is 0 Å². The summed E-state index contributed by atoms with van der Waals surface area (Å²) in [5.74, 6) is 0. The molecule has 0 radical (unpaired) electrons. The molecule has 2 heterocycles. The van der Waals surface area contributed by atoms with Gasteiger partial charge in [0.15, 0.2) is 0 Å². The third kappa shape index (κ3) is 6.28. The van der Waals surface area contributed by atoms with Gasteiger partial charge in [-0.3, -0.25) is 0 Å². The van der Waals surface area contributed by atoms with Crippen molar-refractivity contribution in [3.05, 3.63) is 0 Å². The number of likely N-dealkylation sites (tertiary alicyclic amines) is 1. The van der Waals surface area contributed by atoms with Gasteiger partial charge in [-0.05, 0) is 47.0 Å². The molecule has 23 heavy (non-hydrogen) atoms. The minimum absolute atomic E-state index is 0.136. The molecule has 2 aliphatic rings. The van der Waals surface area contributed by atoms with E-state index in [1.165, 1.54) is 0 Å². The molecule has 0 aromatic rings. The van der Waals surface area contributed by atoms with Crippen molar-refractivity contribution >= 4 is 6.09 Å². The van der Waals surface area contributed by atoms with Crippen molar-refractivity contribution in [2.24, 2.45) is 0 Å². The standard InChI is InChI=1S/C17H32N2O4/c1-13(18-11-15-12-21-8-9-22-15)10-14-6-5-7-19(14)16(20)23-17(2,3)4/h13-15,18H,5-12H2,1-4H3. The van der Waals surface area contributed by atoms with E-state index in [1.807, 2.05) is 25.7 Å². The van der Waals surface area contributed by atoms with Crippen molar-refractivity contribution in [1.82, 2.24) is 10.2 Å². The van der Waals surface area contributed by atoms with Gasteiger partial charge in [-0.1, -0.05) is 0 Å². The number of carbonyl (C=O) groups is 1. The maximum Gasteiger partial charge on any atom is 0.410 e. The number of nitrogens with zero attached hydrogens (tertiary/aromatic N) is 1. The third-order valence-electron chi connectivity index (χ3n) is 4.21. The zero-order valence-corrected chi connectivity index (χ0v) is 15.0. The molecule has 6 nitrogen and oxygen atoms in total. The summed E-state index contributed by atoms with van der Waals surface area (Å²) in [4.78, 5) is 14.2. The summed E-state index contributed by atoms with van der Waals surface area (Å²) in [6, 6.07) is 0.587. The molecule has 6 heteroatoms. The summed E-state index contributed by atoms with van der Waals surface area (Å²) in [6.45, 7) is 11.5. The van der Waals surface area contributed by atoms with Crippen molar-refractivity contribution in [1.29, 1.82) is 0 Å². The Bertz CT molecular complexity index is 377. The van der Waals surface area contributed by atoms with Gasteiger partial charge in [0.25, 0.3) is 0 Å². The Hall–Kier alpha value is -0.850. The lowest BCUT2D eigenvalue weighted by atomic mass is 10.1. The largest absolute Gasteiger partial charge is 0.444 e. The first-order valence-corrected chi connectivity index (χ1v) is 8.77. The molecular weight excluding hydrogens is 296 g/mol. The Kier molecular flexibility index (Phi) is 6.68. The van der Waals surface area contributed by atoms with E-state index in [0.29, 0.717) is 25.9 Å². The van der Waals surface area contributed by atoms with Crippen molar-refractivity contribution in [3.8, 4) is 0 Å². The Morgan fingerprint density at radius 3 is 2.83 bits per heavy atom. The van der Waals surface area contributed by atoms with Crippen LogP contribution in [0.4, 0.5) is 4.79 Å². The molecule has 3 atom stereocenters. The van der Waals surface area contributed by atoms with E-state index in [2.05, 4.69) is 12.2 Å². The van der Waals surface area contributed by atoms with Gasteiger partial charge in [0, 0.05) is 25.2 Å². The molecule has 2 fully saturated rings. The van der Waals surface area contributed by atoms with Crippen molar-refractivity contribution < 1.29 is 19.0 Å².